The number of rotatable bonds is 2. The monoisotopic (exact) mass is 277 g/mol. The molecule has 20 heavy (non-hydrogen) atoms. The second kappa shape index (κ2) is 6.95. The van der Waals surface area contributed by atoms with Crippen LogP contribution in [-0.2, 0) is 4.74 Å². The van der Waals surface area contributed by atoms with Gasteiger partial charge in [-0.05, 0) is 45.4 Å². The summed E-state index contributed by atoms with van der Waals surface area (Å²) in [5, 5.41) is 2.59. The molecule has 108 valence electrons. The number of hydrogen-bond donors (Lipinski definition) is 1. The summed E-state index contributed by atoms with van der Waals surface area (Å²) in [5.74, 6) is 5.26. The summed E-state index contributed by atoms with van der Waals surface area (Å²) in [5.41, 5.74) is 0.824. The predicted octanol–water partition coefficient (Wildman–Crippen LogP) is 3.40. The fourth-order valence-electron chi connectivity index (χ4n) is 1.43. The molecule has 0 heterocycles. The summed E-state index contributed by atoms with van der Waals surface area (Å²) in [6.45, 7) is 7.65. The lowest BCUT2D eigenvalue weighted by atomic mass is 10.1. The Morgan fingerprint density at radius 2 is 2.10 bits per heavy atom. The molecule has 0 unspecified atom stereocenters. The summed E-state index contributed by atoms with van der Waals surface area (Å²) >= 11 is 0. The molecular formula is C16H20FNO2. The maximum Gasteiger partial charge on any atom is 0.407 e. The number of carbonyl (C=O) groups excluding carboxylic acids is 1. The van der Waals surface area contributed by atoms with Crippen molar-refractivity contribution in [3.8, 4) is 11.8 Å². The molecule has 1 aromatic rings. The number of ether oxygens (including phenoxy) is 1. The van der Waals surface area contributed by atoms with Crippen LogP contribution >= 0.6 is 0 Å². The summed E-state index contributed by atoms with van der Waals surface area (Å²) in [4.78, 5) is 11.3. The molecule has 4 heteroatoms. The van der Waals surface area contributed by atoms with E-state index in [0.29, 0.717) is 18.5 Å². The molecule has 1 aromatic carbocycles. The van der Waals surface area contributed by atoms with E-state index in [2.05, 4.69) is 17.2 Å². The lowest BCUT2D eigenvalue weighted by Gasteiger charge is -2.19. The number of carbonyl (C=O) groups is 1. The molecule has 0 aliphatic rings. The first-order valence-electron chi connectivity index (χ1n) is 6.50. The molecule has 0 saturated heterocycles. The average Bonchev–Trinajstić information content (AvgIpc) is 2.30. The van der Waals surface area contributed by atoms with E-state index in [9.17, 15) is 9.18 Å². The first-order chi connectivity index (χ1) is 9.28. The molecule has 0 fully saturated rings. The molecule has 0 spiro atoms. The van der Waals surface area contributed by atoms with Crippen LogP contribution < -0.4 is 5.32 Å². The van der Waals surface area contributed by atoms with Gasteiger partial charge in [-0.25, -0.2) is 9.18 Å². The predicted molar refractivity (Wildman–Crippen MR) is 76.9 cm³/mol. The van der Waals surface area contributed by atoms with Crippen LogP contribution in [-0.4, -0.2) is 18.2 Å². The van der Waals surface area contributed by atoms with E-state index in [1.165, 1.54) is 6.07 Å². The first-order valence-corrected chi connectivity index (χ1v) is 6.50. The number of amides is 1. The normalized spacial score (nSPS) is 10.4. The van der Waals surface area contributed by atoms with Crippen LogP contribution in [0.1, 0.15) is 38.3 Å². The van der Waals surface area contributed by atoms with E-state index in [4.69, 9.17) is 4.74 Å². The van der Waals surface area contributed by atoms with Crippen LogP contribution in [0, 0.1) is 24.6 Å². The highest BCUT2D eigenvalue weighted by atomic mass is 19.1. The van der Waals surface area contributed by atoms with Crippen molar-refractivity contribution in [2.75, 3.05) is 6.54 Å². The highest BCUT2D eigenvalue weighted by Gasteiger charge is 2.15. The van der Waals surface area contributed by atoms with Gasteiger partial charge in [0.05, 0.1) is 5.56 Å². The Balaban J connectivity index is 2.40. The number of hydrogen-bond acceptors (Lipinski definition) is 2. The molecule has 0 aliphatic heterocycles. The smallest absolute Gasteiger partial charge is 0.407 e. The van der Waals surface area contributed by atoms with E-state index in [1.54, 1.807) is 32.9 Å². The first kappa shape index (κ1) is 16.0. The molecule has 0 radical (unpaired) electrons. The molecule has 1 amide bonds. The lowest BCUT2D eigenvalue weighted by Crippen LogP contribution is -2.32. The average molecular weight is 277 g/mol. The Kier molecular flexibility index (Phi) is 5.57. The highest BCUT2D eigenvalue weighted by Crippen LogP contribution is 2.08. The number of benzene rings is 1. The number of nitrogens with one attached hydrogen (secondary N) is 1. The van der Waals surface area contributed by atoms with Gasteiger partial charge in [-0.3, -0.25) is 0 Å². The van der Waals surface area contributed by atoms with Crippen LogP contribution in [0.4, 0.5) is 9.18 Å². The van der Waals surface area contributed by atoms with Crippen LogP contribution in [0.15, 0.2) is 18.2 Å². The Labute approximate surface area is 119 Å². The summed E-state index contributed by atoms with van der Waals surface area (Å²) < 4.78 is 18.5. The van der Waals surface area contributed by atoms with Crippen molar-refractivity contribution >= 4 is 6.09 Å². The van der Waals surface area contributed by atoms with Crippen molar-refractivity contribution in [1.29, 1.82) is 0 Å². The van der Waals surface area contributed by atoms with Gasteiger partial charge in [0, 0.05) is 13.0 Å². The maximum absolute atomic E-state index is 13.4. The van der Waals surface area contributed by atoms with Gasteiger partial charge in [-0.15, -0.1) is 0 Å². The summed E-state index contributed by atoms with van der Waals surface area (Å²) in [7, 11) is 0. The fourth-order valence-corrected chi connectivity index (χ4v) is 1.43. The van der Waals surface area contributed by atoms with E-state index < -0.39 is 11.7 Å². The van der Waals surface area contributed by atoms with Crippen LogP contribution in [0.2, 0.25) is 0 Å². The Bertz CT molecular complexity index is 536. The Morgan fingerprint density at radius 3 is 2.75 bits per heavy atom. The van der Waals surface area contributed by atoms with Crippen LogP contribution in [0.5, 0.6) is 0 Å². The minimum atomic E-state index is -0.513. The number of halogens is 1. The van der Waals surface area contributed by atoms with Crippen molar-refractivity contribution < 1.29 is 13.9 Å². The van der Waals surface area contributed by atoms with Gasteiger partial charge in [0.15, 0.2) is 0 Å². The number of aryl methyl sites for hydroxylation is 1. The van der Waals surface area contributed by atoms with E-state index >= 15 is 0 Å². The third-order valence-electron chi connectivity index (χ3n) is 2.26. The lowest BCUT2D eigenvalue weighted by molar-refractivity contribution is 0.0529. The van der Waals surface area contributed by atoms with Gasteiger partial charge in [0.1, 0.15) is 11.4 Å². The van der Waals surface area contributed by atoms with Crippen molar-refractivity contribution in [1.82, 2.24) is 5.32 Å². The van der Waals surface area contributed by atoms with Crippen molar-refractivity contribution in [2.24, 2.45) is 0 Å². The molecule has 0 saturated carbocycles. The Morgan fingerprint density at radius 1 is 1.40 bits per heavy atom. The molecule has 1 rings (SSSR count). The minimum absolute atomic E-state index is 0.330. The molecule has 3 nitrogen and oxygen atoms in total. The molecule has 1 N–H and O–H groups in total. The summed E-state index contributed by atoms with van der Waals surface area (Å²) in [6, 6.07) is 4.80. The van der Waals surface area contributed by atoms with Gasteiger partial charge in [0.25, 0.3) is 0 Å². The zero-order valence-electron chi connectivity index (χ0n) is 12.3. The molecule has 0 bridgehead atoms. The fraction of sp³-hybridized carbons (Fsp3) is 0.438. The van der Waals surface area contributed by atoms with E-state index in [-0.39, 0.29) is 5.82 Å². The van der Waals surface area contributed by atoms with Gasteiger partial charge in [0.2, 0.25) is 0 Å². The largest absolute Gasteiger partial charge is 0.444 e. The highest BCUT2D eigenvalue weighted by molar-refractivity contribution is 5.67. The maximum atomic E-state index is 13.4. The minimum Gasteiger partial charge on any atom is -0.444 e. The van der Waals surface area contributed by atoms with Gasteiger partial charge < -0.3 is 10.1 Å². The standard InChI is InChI=1S/C16H20FNO2/c1-12-8-9-14(17)13(11-12)7-5-6-10-18-15(19)20-16(2,3)4/h8-9,11H,6,10H2,1-4H3,(H,18,19). The molecule has 0 aliphatic carbocycles. The number of alkyl carbamates (subject to hydrolysis) is 1. The second-order valence-electron chi connectivity index (χ2n) is 5.46. The van der Waals surface area contributed by atoms with Crippen molar-refractivity contribution in [3.05, 3.63) is 35.1 Å². The third kappa shape index (κ3) is 6.24. The van der Waals surface area contributed by atoms with Crippen LogP contribution in [0.25, 0.3) is 0 Å². The zero-order chi connectivity index (χ0) is 15.2. The second-order valence-corrected chi connectivity index (χ2v) is 5.46. The topological polar surface area (TPSA) is 38.3 Å². The summed E-state index contributed by atoms with van der Waals surface area (Å²) in [6.07, 6.45) is -0.0341. The molecule has 0 aromatic heterocycles. The molecular weight excluding hydrogens is 257 g/mol. The quantitative estimate of drug-likeness (QED) is 0.664. The van der Waals surface area contributed by atoms with Gasteiger partial charge in [-0.1, -0.05) is 17.9 Å². The van der Waals surface area contributed by atoms with Gasteiger partial charge >= 0.3 is 6.09 Å². The Hall–Kier alpha value is -2.02. The van der Waals surface area contributed by atoms with Crippen LogP contribution in [0.3, 0.4) is 0 Å². The third-order valence-corrected chi connectivity index (χ3v) is 2.26. The molecule has 0 atom stereocenters. The van der Waals surface area contributed by atoms with Crippen molar-refractivity contribution in [2.45, 2.75) is 39.7 Å². The van der Waals surface area contributed by atoms with Gasteiger partial charge in [-0.2, -0.15) is 0 Å². The zero-order valence-corrected chi connectivity index (χ0v) is 12.3. The van der Waals surface area contributed by atoms with E-state index in [1.807, 2.05) is 6.92 Å². The SMILES string of the molecule is Cc1ccc(F)c(C#CCCNC(=O)OC(C)(C)C)c1. The van der Waals surface area contributed by atoms with E-state index in [0.717, 1.165) is 5.56 Å². The van der Waals surface area contributed by atoms with Crippen molar-refractivity contribution in [3.63, 3.8) is 0 Å².